The molecule has 5 rings (SSSR count). The van der Waals surface area contributed by atoms with Gasteiger partial charge in [0.1, 0.15) is 5.82 Å². The molecule has 1 aromatic carbocycles. The first-order chi connectivity index (χ1) is 17.9. The fourth-order valence-corrected chi connectivity index (χ4v) is 7.68. The molecule has 0 bridgehead atoms. The summed E-state index contributed by atoms with van der Waals surface area (Å²) in [5.74, 6) is 1.09. The molecule has 1 saturated carbocycles. The Morgan fingerprint density at radius 1 is 1.05 bits per heavy atom. The summed E-state index contributed by atoms with van der Waals surface area (Å²) in [7, 11) is 0. The van der Waals surface area contributed by atoms with E-state index in [1.807, 2.05) is 12.1 Å². The average Bonchev–Trinajstić information content (AvgIpc) is 2.90. The number of hydrogen-bond acceptors (Lipinski definition) is 1. The molecule has 3 atom stereocenters. The molecule has 37 heavy (non-hydrogen) atoms. The lowest BCUT2D eigenvalue weighted by Gasteiger charge is -2.48. The molecule has 0 radical (unpaired) electrons. The molecule has 2 heteroatoms. The molecule has 2 aromatic rings. The van der Waals surface area contributed by atoms with Crippen LogP contribution in [-0.4, -0.2) is 4.98 Å². The maximum absolute atomic E-state index is 14.1. The van der Waals surface area contributed by atoms with E-state index in [-0.39, 0.29) is 5.82 Å². The predicted molar refractivity (Wildman–Crippen MR) is 155 cm³/mol. The SMILES string of the molecule is CCCC(CC)c1nc2c(c(-c3ccc(F)cc3)c1C(C)C1=CC=C(CC)CC1)C(C)CC1(CCC1)C2. The lowest BCUT2D eigenvalue weighted by molar-refractivity contribution is 0.0981. The summed E-state index contributed by atoms with van der Waals surface area (Å²) in [5.41, 5.74) is 11.7. The Morgan fingerprint density at radius 3 is 2.38 bits per heavy atom. The predicted octanol–water partition coefficient (Wildman–Crippen LogP) is 10.6. The molecular formula is C35H46FN. The van der Waals surface area contributed by atoms with Crippen molar-refractivity contribution in [2.45, 2.75) is 123 Å². The van der Waals surface area contributed by atoms with Crippen LogP contribution in [0, 0.1) is 11.2 Å². The third-order valence-electron chi connectivity index (χ3n) is 9.93. The van der Waals surface area contributed by atoms with Crippen LogP contribution in [0.25, 0.3) is 11.1 Å². The number of aromatic nitrogens is 1. The van der Waals surface area contributed by atoms with E-state index >= 15 is 0 Å². The maximum atomic E-state index is 14.1. The highest BCUT2D eigenvalue weighted by molar-refractivity contribution is 5.75. The third-order valence-corrected chi connectivity index (χ3v) is 9.93. The Morgan fingerprint density at radius 2 is 1.81 bits per heavy atom. The number of rotatable bonds is 8. The highest BCUT2D eigenvalue weighted by atomic mass is 19.1. The fourth-order valence-electron chi connectivity index (χ4n) is 7.68. The molecular weight excluding hydrogens is 453 g/mol. The Hall–Kier alpha value is -2.22. The quantitative estimate of drug-likeness (QED) is 0.352. The standard InChI is InChI=1S/C35H46FN/c1-6-10-26(8-3)34-32(24(5)27-13-11-25(7-2)12-14-27)33(28-15-17-29(36)18-16-28)31-23(4)21-35(19-9-20-35)22-30(31)37-34/h11,13,15-18,23-24,26H,6-10,12,14,19-22H2,1-5H3. The summed E-state index contributed by atoms with van der Waals surface area (Å²) >= 11 is 0. The molecule has 0 saturated heterocycles. The van der Waals surface area contributed by atoms with Gasteiger partial charge in [0.25, 0.3) is 0 Å². The van der Waals surface area contributed by atoms with Crippen molar-refractivity contribution in [3.63, 3.8) is 0 Å². The van der Waals surface area contributed by atoms with E-state index in [2.05, 4.69) is 46.8 Å². The Labute approximate surface area is 224 Å². The van der Waals surface area contributed by atoms with Crippen molar-refractivity contribution >= 4 is 0 Å². The van der Waals surface area contributed by atoms with Crippen molar-refractivity contribution in [3.05, 3.63) is 75.9 Å². The number of hydrogen-bond donors (Lipinski definition) is 0. The molecule has 1 fully saturated rings. The molecule has 3 aliphatic rings. The fraction of sp³-hybridized carbons (Fsp3) is 0.571. The summed E-state index contributed by atoms with van der Waals surface area (Å²) in [6.45, 7) is 11.7. The lowest BCUT2D eigenvalue weighted by Crippen LogP contribution is -2.38. The van der Waals surface area contributed by atoms with Crippen molar-refractivity contribution in [3.8, 4) is 11.1 Å². The highest BCUT2D eigenvalue weighted by Crippen LogP contribution is 2.56. The zero-order valence-corrected chi connectivity index (χ0v) is 23.8. The first kappa shape index (κ1) is 26.4. The molecule has 1 spiro atoms. The third kappa shape index (κ3) is 4.98. The van der Waals surface area contributed by atoms with Gasteiger partial charge in [0, 0.05) is 23.2 Å². The second-order valence-electron chi connectivity index (χ2n) is 12.3. The van der Waals surface area contributed by atoms with Gasteiger partial charge < -0.3 is 0 Å². The van der Waals surface area contributed by atoms with Crippen LogP contribution in [0.2, 0.25) is 0 Å². The zero-order valence-electron chi connectivity index (χ0n) is 23.8. The lowest BCUT2D eigenvalue weighted by atomic mass is 9.57. The van der Waals surface area contributed by atoms with Gasteiger partial charge >= 0.3 is 0 Å². The minimum absolute atomic E-state index is 0.160. The van der Waals surface area contributed by atoms with Crippen molar-refractivity contribution in [2.75, 3.05) is 0 Å². The van der Waals surface area contributed by atoms with E-state index in [0.29, 0.717) is 23.2 Å². The van der Waals surface area contributed by atoms with Crippen LogP contribution in [0.4, 0.5) is 4.39 Å². The van der Waals surface area contributed by atoms with Crippen molar-refractivity contribution in [1.82, 2.24) is 4.98 Å². The van der Waals surface area contributed by atoms with E-state index in [0.717, 1.165) is 32.1 Å². The number of benzene rings is 1. The van der Waals surface area contributed by atoms with Crippen molar-refractivity contribution < 1.29 is 4.39 Å². The maximum Gasteiger partial charge on any atom is 0.123 e. The molecule has 3 unspecified atom stereocenters. The minimum atomic E-state index is -0.160. The van der Waals surface area contributed by atoms with Crippen LogP contribution >= 0.6 is 0 Å². The smallest absolute Gasteiger partial charge is 0.123 e. The summed E-state index contributed by atoms with van der Waals surface area (Å²) in [5, 5.41) is 0. The second-order valence-corrected chi connectivity index (χ2v) is 12.3. The summed E-state index contributed by atoms with van der Waals surface area (Å²) in [4.78, 5) is 5.66. The molecule has 0 N–H and O–H groups in total. The first-order valence-electron chi connectivity index (χ1n) is 15.1. The largest absolute Gasteiger partial charge is 0.257 e. The van der Waals surface area contributed by atoms with Gasteiger partial charge in [0.05, 0.1) is 0 Å². The van der Waals surface area contributed by atoms with Gasteiger partial charge in [-0.15, -0.1) is 0 Å². The number of pyridine rings is 1. The van der Waals surface area contributed by atoms with Crippen LogP contribution < -0.4 is 0 Å². The average molecular weight is 500 g/mol. The monoisotopic (exact) mass is 499 g/mol. The molecule has 1 aromatic heterocycles. The summed E-state index contributed by atoms with van der Waals surface area (Å²) < 4.78 is 14.1. The minimum Gasteiger partial charge on any atom is -0.257 e. The molecule has 0 aliphatic heterocycles. The van der Waals surface area contributed by atoms with Gasteiger partial charge in [-0.1, -0.05) is 82.9 Å². The Balaban J connectivity index is 1.77. The van der Waals surface area contributed by atoms with E-state index in [1.54, 1.807) is 17.7 Å². The number of allylic oxidation sites excluding steroid dienone is 4. The van der Waals surface area contributed by atoms with Gasteiger partial charge in [-0.2, -0.15) is 0 Å². The second kappa shape index (κ2) is 10.9. The van der Waals surface area contributed by atoms with E-state index < -0.39 is 0 Å². The molecule has 198 valence electrons. The summed E-state index contributed by atoms with van der Waals surface area (Å²) in [6, 6.07) is 7.35. The molecule has 1 nitrogen and oxygen atoms in total. The van der Waals surface area contributed by atoms with Gasteiger partial charge in [-0.25, -0.2) is 4.39 Å². The number of fused-ring (bicyclic) bond motifs is 1. The van der Waals surface area contributed by atoms with Crippen LogP contribution in [0.15, 0.2) is 47.6 Å². The van der Waals surface area contributed by atoms with E-state index in [9.17, 15) is 4.39 Å². The molecule has 3 aliphatic carbocycles. The van der Waals surface area contributed by atoms with Crippen molar-refractivity contribution in [1.29, 1.82) is 0 Å². The molecule has 1 heterocycles. The van der Waals surface area contributed by atoms with Gasteiger partial charge in [-0.05, 0) is 104 Å². The van der Waals surface area contributed by atoms with E-state index in [4.69, 9.17) is 4.98 Å². The number of nitrogens with zero attached hydrogens (tertiary/aromatic N) is 1. The highest BCUT2D eigenvalue weighted by Gasteiger charge is 2.44. The van der Waals surface area contributed by atoms with Crippen molar-refractivity contribution in [2.24, 2.45) is 5.41 Å². The van der Waals surface area contributed by atoms with Crippen LogP contribution in [0.1, 0.15) is 139 Å². The Bertz CT molecular complexity index is 1180. The van der Waals surface area contributed by atoms with Crippen LogP contribution in [0.5, 0.6) is 0 Å². The van der Waals surface area contributed by atoms with E-state index in [1.165, 1.54) is 77.7 Å². The molecule has 0 amide bonds. The zero-order chi connectivity index (χ0) is 26.2. The van der Waals surface area contributed by atoms with Crippen LogP contribution in [-0.2, 0) is 6.42 Å². The topological polar surface area (TPSA) is 12.9 Å². The number of halogens is 1. The van der Waals surface area contributed by atoms with Gasteiger partial charge in [-0.3, -0.25) is 4.98 Å². The Kier molecular flexibility index (Phi) is 7.75. The normalized spacial score (nSPS) is 22.1. The van der Waals surface area contributed by atoms with Gasteiger partial charge in [0.15, 0.2) is 0 Å². The van der Waals surface area contributed by atoms with Gasteiger partial charge in [0.2, 0.25) is 0 Å². The van der Waals surface area contributed by atoms with Crippen LogP contribution in [0.3, 0.4) is 0 Å². The first-order valence-corrected chi connectivity index (χ1v) is 15.1. The summed E-state index contributed by atoms with van der Waals surface area (Å²) in [6.07, 6.45) is 18.1.